The van der Waals surface area contributed by atoms with Gasteiger partial charge in [0.05, 0.1) is 25.8 Å². The fourth-order valence-corrected chi connectivity index (χ4v) is 2.20. The number of hydrogen-bond acceptors (Lipinski definition) is 5. The maximum absolute atomic E-state index is 12.2. The van der Waals surface area contributed by atoms with E-state index in [1.165, 1.54) is 7.11 Å². The molecule has 0 saturated carbocycles. The Bertz CT molecular complexity index is 650. The lowest BCUT2D eigenvalue weighted by atomic mass is 10.1. The molecule has 1 rings (SSSR count). The Labute approximate surface area is 148 Å². The summed E-state index contributed by atoms with van der Waals surface area (Å²) in [7, 11) is 3.00. The molecule has 0 aliphatic heterocycles. The standard InChI is InChI=1S/C18H27N3O4/c1-12-7-8-13(17(24)25-6)9-14(12)19-15(22)10-21(5)11-16(23)20-18(2,3)4/h7-9H,10-11H2,1-6H3,(H,19,22)(H,20,23). The van der Waals surface area contributed by atoms with E-state index in [-0.39, 0.29) is 30.4 Å². The summed E-state index contributed by atoms with van der Waals surface area (Å²) >= 11 is 0. The second-order valence-corrected chi connectivity index (χ2v) is 7.04. The van der Waals surface area contributed by atoms with Gasteiger partial charge in [0, 0.05) is 11.2 Å². The molecule has 7 heteroatoms. The van der Waals surface area contributed by atoms with E-state index in [0.29, 0.717) is 11.3 Å². The Morgan fingerprint density at radius 2 is 1.72 bits per heavy atom. The van der Waals surface area contributed by atoms with Gasteiger partial charge in [0.25, 0.3) is 0 Å². The van der Waals surface area contributed by atoms with E-state index >= 15 is 0 Å². The maximum Gasteiger partial charge on any atom is 0.337 e. The van der Waals surface area contributed by atoms with Gasteiger partial charge in [-0.15, -0.1) is 0 Å². The van der Waals surface area contributed by atoms with Crippen molar-refractivity contribution in [3.05, 3.63) is 29.3 Å². The molecular formula is C18H27N3O4. The number of likely N-dealkylation sites (N-methyl/N-ethyl adjacent to an activating group) is 1. The summed E-state index contributed by atoms with van der Waals surface area (Å²) in [5.41, 5.74) is 1.42. The number of rotatable bonds is 6. The first kappa shape index (κ1) is 20.6. The van der Waals surface area contributed by atoms with Crippen molar-refractivity contribution < 1.29 is 19.1 Å². The third kappa shape index (κ3) is 7.34. The summed E-state index contributed by atoms with van der Waals surface area (Å²) in [5, 5.41) is 5.61. The Morgan fingerprint density at radius 1 is 1.12 bits per heavy atom. The lowest BCUT2D eigenvalue weighted by Crippen LogP contribution is -2.46. The lowest BCUT2D eigenvalue weighted by Gasteiger charge is -2.23. The molecule has 0 saturated heterocycles. The van der Waals surface area contributed by atoms with Gasteiger partial charge in [-0.1, -0.05) is 6.07 Å². The number of esters is 1. The Hall–Kier alpha value is -2.41. The molecule has 0 aliphatic rings. The molecule has 2 N–H and O–H groups in total. The molecule has 25 heavy (non-hydrogen) atoms. The molecular weight excluding hydrogens is 322 g/mol. The van der Waals surface area contributed by atoms with Crippen LogP contribution in [0.15, 0.2) is 18.2 Å². The molecule has 0 fully saturated rings. The molecule has 2 amide bonds. The molecule has 1 aromatic rings. The molecule has 0 aliphatic carbocycles. The van der Waals surface area contributed by atoms with Crippen LogP contribution in [0.25, 0.3) is 0 Å². The molecule has 0 heterocycles. The number of carbonyl (C=O) groups excluding carboxylic acids is 3. The van der Waals surface area contributed by atoms with Gasteiger partial charge < -0.3 is 15.4 Å². The Morgan fingerprint density at radius 3 is 2.28 bits per heavy atom. The van der Waals surface area contributed by atoms with Gasteiger partial charge >= 0.3 is 5.97 Å². The lowest BCUT2D eigenvalue weighted by molar-refractivity contribution is -0.124. The molecule has 0 atom stereocenters. The Balaban J connectivity index is 2.64. The molecule has 7 nitrogen and oxygen atoms in total. The summed E-state index contributed by atoms with van der Waals surface area (Å²) in [5.74, 6) is -0.880. The van der Waals surface area contributed by atoms with Crippen molar-refractivity contribution in [2.24, 2.45) is 0 Å². The van der Waals surface area contributed by atoms with Crippen LogP contribution in [0.5, 0.6) is 0 Å². The van der Waals surface area contributed by atoms with E-state index in [2.05, 4.69) is 15.4 Å². The minimum atomic E-state index is -0.466. The van der Waals surface area contributed by atoms with Crippen LogP contribution in [-0.2, 0) is 14.3 Å². The predicted molar refractivity (Wildman–Crippen MR) is 96.5 cm³/mol. The summed E-state index contributed by atoms with van der Waals surface area (Å²) in [6.07, 6.45) is 0. The summed E-state index contributed by atoms with van der Waals surface area (Å²) in [4.78, 5) is 37.3. The van der Waals surface area contributed by atoms with E-state index in [0.717, 1.165) is 5.56 Å². The van der Waals surface area contributed by atoms with Crippen LogP contribution in [0.4, 0.5) is 5.69 Å². The highest BCUT2D eigenvalue weighted by molar-refractivity contribution is 5.96. The molecule has 1 aromatic carbocycles. The van der Waals surface area contributed by atoms with Crippen molar-refractivity contribution in [1.82, 2.24) is 10.2 Å². The van der Waals surface area contributed by atoms with Crippen molar-refractivity contribution in [2.75, 3.05) is 32.6 Å². The SMILES string of the molecule is COC(=O)c1ccc(C)c(NC(=O)CN(C)CC(=O)NC(C)(C)C)c1. The summed E-state index contributed by atoms with van der Waals surface area (Å²) < 4.78 is 4.68. The monoisotopic (exact) mass is 349 g/mol. The topological polar surface area (TPSA) is 87.7 Å². The second kappa shape index (κ2) is 8.62. The largest absolute Gasteiger partial charge is 0.465 e. The number of benzene rings is 1. The highest BCUT2D eigenvalue weighted by Crippen LogP contribution is 2.17. The van der Waals surface area contributed by atoms with Crippen molar-refractivity contribution >= 4 is 23.5 Å². The number of nitrogens with zero attached hydrogens (tertiary/aromatic N) is 1. The van der Waals surface area contributed by atoms with Gasteiger partial charge in [-0.2, -0.15) is 0 Å². The number of ether oxygens (including phenoxy) is 1. The number of nitrogens with one attached hydrogen (secondary N) is 2. The van der Waals surface area contributed by atoms with E-state index < -0.39 is 5.97 Å². The van der Waals surface area contributed by atoms with E-state index in [4.69, 9.17) is 0 Å². The number of hydrogen-bond donors (Lipinski definition) is 2. The average Bonchev–Trinajstić information content (AvgIpc) is 2.46. The fourth-order valence-electron chi connectivity index (χ4n) is 2.20. The summed E-state index contributed by atoms with van der Waals surface area (Å²) in [6.45, 7) is 7.69. The van der Waals surface area contributed by atoms with E-state index in [1.807, 2.05) is 27.7 Å². The molecule has 0 unspecified atom stereocenters. The van der Waals surface area contributed by atoms with Gasteiger partial charge in [-0.25, -0.2) is 4.79 Å². The van der Waals surface area contributed by atoms with E-state index in [9.17, 15) is 14.4 Å². The highest BCUT2D eigenvalue weighted by atomic mass is 16.5. The molecule has 0 spiro atoms. The van der Waals surface area contributed by atoms with Gasteiger partial charge in [0.15, 0.2) is 0 Å². The van der Waals surface area contributed by atoms with Gasteiger partial charge in [0.2, 0.25) is 11.8 Å². The fraction of sp³-hybridized carbons (Fsp3) is 0.500. The van der Waals surface area contributed by atoms with Gasteiger partial charge in [-0.3, -0.25) is 14.5 Å². The molecule has 138 valence electrons. The van der Waals surface area contributed by atoms with E-state index in [1.54, 1.807) is 30.1 Å². The van der Waals surface area contributed by atoms with Crippen LogP contribution < -0.4 is 10.6 Å². The molecule has 0 aromatic heterocycles. The van der Waals surface area contributed by atoms with Crippen LogP contribution >= 0.6 is 0 Å². The van der Waals surface area contributed by atoms with Gasteiger partial charge in [-0.05, 0) is 52.4 Å². The highest BCUT2D eigenvalue weighted by Gasteiger charge is 2.17. The normalized spacial score (nSPS) is 11.2. The number of methoxy groups -OCH3 is 1. The van der Waals surface area contributed by atoms with Crippen LogP contribution in [0.3, 0.4) is 0 Å². The van der Waals surface area contributed by atoms with Crippen molar-refractivity contribution in [3.63, 3.8) is 0 Å². The maximum atomic E-state index is 12.2. The number of anilines is 1. The zero-order valence-corrected chi connectivity index (χ0v) is 15.7. The van der Waals surface area contributed by atoms with Crippen molar-refractivity contribution in [3.8, 4) is 0 Å². The molecule has 0 radical (unpaired) electrons. The third-order valence-corrected chi connectivity index (χ3v) is 3.27. The number of carbonyl (C=O) groups is 3. The third-order valence-electron chi connectivity index (χ3n) is 3.27. The van der Waals surface area contributed by atoms with Crippen molar-refractivity contribution in [1.29, 1.82) is 0 Å². The van der Waals surface area contributed by atoms with Gasteiger partial charge in [0.1, 0.15) is 0 Å². The Kier molecular flexibility index (Phi) is 7.11. The number of amides is 2. The average molecular weight is 349 g/mol. The number of aryl methyl sites for hydroxylation is 1. The first-order chi connectivity index (χ1) is 11.5. The second-order valence-electron chi connectivity index (χ2n) is 7.04. The molecule has 0 bridgehead atoms. The quantitative estimate of drug-likeness (QED) is 0.761. The van der Waals surface area contributed by atoms with Crippen LogP contribution in [0.1, 0.15) is 36.7 Å². The first-order valence-corrected chi connectivity index (χ1v) is 8.00. The summed E-state index contributed by atoms with van der Waals surface area (Å²) in [6, 6.07) is 4.95. The smallest absolute Gasteiger partial charge is 0.337 e. The van der Waals surface area contributed by atoms with Crippen molar-refractivity contribution in [2.45, 2.75) is 33.2 Å². The zero-order valence-electron chi connectivity index (χ0n) is 15.7. The first-order valence-electron chi connectivity index (χ1n) is 8.00. The van der Waals surface area contributed by atoms with Crippen LogP contribution in [0, 0.1) is 6.92 Å². The predicted octanol–water partition coefficient (Wildman–Crippen LogP) is 1.57. The van der Waals surface area contributed by atoms with Crippen LogP contribution in [0.2, 0.25) is 0 Å². The zero-order chi connectivity index (χ0) is 19.2. The minimum absolute atomic E-state index is 0.0550. The van der Waals surface area contributed by atoms with Crippen LogP contribution in [-0.4, -0.2) is 55.5 Å². The minimum Gasteiger partial charge on any atom is -0.465 e.